The molecule has 0 bridgehead atoms. The van der Waals surface area contributed by atoms with Crippen molar-refractivity contribution in [3.8, 4) is 0 Å². The lowest BCUT2D eigenvalue weighted by molar-refractivity contribution is 0.199. The number of nitrogens with zero attached hydrogens (tertiary/aromatic N) is 1. The van der Waals surface area contributed by atoms with Gasteiger partial charge in [0.25, 0.3) is 0 Å². The fourth-order valence-corrected chi connectivity index (χ4v) is 1.78. The summed E-state index contributed by atoms with van der Waals surface area (Å²) in [5, 5.41) is 3.37. The van der Waals surface area contributed by atoms with Gasteiger partial charge < -0.3 is 19.7 Å². The molecular formula is C14H24N2O2. The molecule has 1 rings (SSSR count). The predicted molar refractivity (Wildman–Crippen MR) is 75.2 cm³/mol. The molecule has 0 atom stereocenters. The molecule has 0 aliphatic heterocycles. The van der Waals surface area contributed by atoms with Crippen LogP contribution in [0.15, 0.2) is 24.3 Å². The third-order valence-electron chi connectivity index (χ3n) is 2.83. The summed E-state index contributed by atoms with van der Waals surface area (Å²) >= 11 is 0. The normalized spacial score (nSPS) is 10.6. The molecule has 0 aromatic heterocycles. The maximum atomic E-state index is 5.11. The molecule has 0 aliphatic carbocycles. The first-order chi connectivity index (χ1) is 8.79. The van der Waals surface area contributed by atoms with Crippen molar-refractivity contribution in [2.75, 3.05) is 52.5 Å². The Morgan fingerprint density at radius 3 is 2.56 bits per heavy atom. The van der Waals surface area contributed by atoms with Crippen molar-refractivity contribution in [2.45, 2.75) is 6.54 Å². The number of benzene rings is 1. The van der Waals surface area contributed by atoms with Crippen LogP contribution in [-0.4, -0.2) is 47.6 Å². The minimum Gasteiger partial charge on any atom is -0.383 e. The third kappa shape index (κ3) is 5.04. The van der Waals surface area contributed by atoms with E-state index in [9.17, 15) is 0 Å². The number of rotatable bonds is 9. The van der Waals surface area contributed by atoms with Crippen molar-refractivity contribution >= 4 is 5.69 Å². The lowest BCUT2D eigenvalue weighted by atomic mass is 10.1. The summed E-state index contributed by atoms with van der Waals surface area (Å²) in [6.45, 7) is 4.10. The van der Waals surface area contributed by atoms with E-state index in [1.165, 1.54) is 11.3 Å². The lowest BCUT2D eigenvalue weighted by Gasteiger charge is -2.22. The highest BCUT2D eigenvalue weighted by Gasteiger charge is 2.05. The Morgan fingerprint density at radius 2 is 1.83 bits per heavy atom. The van der Waals surface area contributed by atoms with Gasteiger partial charge >= 0.3 is 0 Å². The maximum absolute atomic E-state index is 5.11. The van der Waals surface area contributed by atoms with E-state index in [0.717, 1.165) is 32.8 Å². The smallest absolute Gasteiger partial charge is 0.0637 e. The predicted octanol–water partition coefficient (Wildman–Crippen LogP) is 1.51. The summed E-state index contributed by atoms with van der Waals surface area (Å²) in [6, 6.07) is 8.43. The highest BCUT2D eigenvalue weighted by atomic mass is 16.5. The van der Waals surface area contributed by atoms with Crippen LogP contribution in [0.3, 0.4) is 0 Å². The van der Waals surface area contributed by atoms with Gasteiger partial charge in [0.15, 0.2) is 0 Å². The van der Waals surface area contributed by atoms with Crippen LogP contribution in [0.5, 0.6) is 0 Å². The molecule has 4 heteroatoms. The van der Waals surface area contributed by atoms with Crippen molar-refractivity contribution in [2.24, 2.45) is 0 Å². The Hall–Kier alpha value is -1.10. The number of nitrogens with one attached hydrogen (secondary N) is 1. The molecule has 0 radical (unpaired) electrons. The van der Waals surface area contributed by atoms with E-state index in [-0.39, 0.29) is 0 Å². The number of methoxy groups -OCH3 is 2. The molecule has 1 aromatic carbocycles. The van der Waals surface area contributed by atoms with Gasteiger partial charge in [-0.25, -0.2) is 0 Å². The molecule has 0 saturated carbocycles. The molecule has 102 valence electrons. The molecule has 0 amide bonds. The summed E-state index contributed by atoms with van der Waals surface area (Å²) in [4.78, 5) is 2.22. The zero-order valence-corrected chi connectivity index (χ0v) is 11.6. The first kappa shape index (κ1) is 15.0. The maximum Gasteiger partial charge on any atom is 0.0637 e. The number of hydrogen-bond acceptors (Lipinski definition) is 4. The number of anilines is 1. The van der Waals surface area contributed by atoms with Crippen LogP contribution < -0.4 is 10.2 Å². The second kappa shape index (κ2) is 8.91. The van der Waals surface area contributed by atoms with Crippen LogP contribution in [0.25, 0.3) is 0 Å². The van der Waals surface area contributed by atoms with Crippen molar-refractivity contribution in [3.63, 3.8) is 0 Å². The van der Waals surface area contributed by atoms with E-state index in [4.69, 9.17) is 9.47 Å². The van der Waals surface area contributed by atoms with E-state index in [1.807, 2.05) is 0 Å². The largest absolute Gasteiger partial charge is 0.383 e. The van der Waals surface area contributed by atoms with Crippen LogP contribution in [0, 0.1) is 0 Å². The SMILES string of the molecule is COCCNCc1ccccc1N(C)CCOC. The monoisotopic (exact) mass is 252 g/mol. The highest BCUT2D eigenvalue weighted by Crippen LogP contribution is 2.18. The molecule has 4 nitrogen and oxygen atoms in total. The number of ether oxygens (including phenoxy) is 2. The van der Waals surface area contributed by atoms with E-state index in [2.05, 4.69) is 41.5 Å². The van der Waals surface area contributed by atoms with Gasteiger partial charge in [0, 0.05) is 46.6 Å². The molecule has 0 heterocycles. The van der Waals surface area contributed by atoms with Crippen LogP contribution >= 0.6 is 0 Å². The molecule has 1 aromatic rings. The highest BCUT2D eigenvalue weighted by molar-refractivity contribution is 5.52. The van der Waals surface area contributed by atoms with Gasteiger partial charge in [-0.3, -0.25) is 0 Å². The van der Waals surface area contributed by atoms with Gasteiger partial charge in [0.1, 0.15) is 0 Å². The molecule has 1 N–H and O–H groups in total. The second-order valence-corrected chi connectivity index (χ2v) is 4.21. The third-order valence-corrected chi connectivity index (χ3v) is 2.83. The van der Waals surface area contributed by atoms with Crippen LogP contribution in [0.4, 0.5) is 5.69 Å². The summed E-state index contributed by atoms with van der Waals surface area (Å²) in [5.74, 6) is 0. The van der Waals surface area contributed by atoms with E-state index >= 15 is 0 Å². The molecule has 0 aliphatic rings. The number of likely N-dealkylation sites (N-methyl/N-ethyl adjacent to an activating group) is 1. The standard InChI is InChI=1S/C14H24N2O2/c1-16(9-11-18-3)14-7-5-4-6-13(14)12-15-8-10-17-2/h4-7,15H,8-12H2,1-3H3. The average Bonchev–Trinajstić information content (AvgIpc) is 2.41. The quantitative estimate of drug-likeness (QED) is 0.675. The second-order valence-electron chi connectivity index (χ2n) is 4.21. The van der Waals surface area contributed by atoms with Crippen molar-refractivity contribution in [1.29, 1.82) is 0 Å². The van der Waals surface area contributed by atoms with Gasteiger partial charge in [-0.05, 0) is 11.6 Å². The Kier molecular flexibility index (Phi) is 7.41. The van der Waals surface area contributed by atoms with E-state index in [1.54, 1.807) is 14.2 Å². The zero-order chi connectivity index (χ0) is 13.2. The molecule has 0 saturated heterocycles. The van der Waals surface area contributed by atoms with Gasteiger partial charge in [0.2, 0.25) is 0 Å². The fourth-order valence-electron chi connectivity index (χ4n) is 1.78. The molecule has 18 heavy (non-hydrogen) atoms. The molecular weight excluding hydrogens is 228 g/mol. The minimum absolute atomic E-state index is 0.738. The van der Waals surface area contributed by atoms with Gasteiger partial charge in [-0.15, -0.1) is 0 Å². The van der Waals surface area contributed by atoms with Gasteiger partial charge in [0.05, 0.1) is 13.2 Å². The van der Waals surface area contributed by atoms with Crippen LogP contribution in [0.2, 0.25) is 0 Å². The topological polar surface area (TPSA) is 33.7 Å². The number of para-hydroxylation sites is 1. The first-order valence-electron chi connectivity index (χ1n) is 6.27. The molecule has 0 unspecified atom stereocenters. The first-order valence-corrected chi connectivity index (χ1v) is 6.27. The fraction of sp³-hybridized carbons (Fsp3) is 0.571. The zero-order valence-electron chi connectivity index (χ0n) is 11.6. The van der Waals surface area contributed by atoms with Crippen molar-refractivity contribution < 1.29 is 9.47 Å². The van der Waals surface area contributed by atoms with Gasteiger partial charge in [-0.1, -0.05) is 18.2 Å². The van der Waals surface area contributed by atoms with Crippen molar-refractivity contribution in [1.82, 2.24) is 5.32 Å². The summed E-state index contributed by atoms with van der Waals surface area (Å²) < 4.78 is 10.1. The molecule has 0 fully saturated rings. The Balaban J connectivity index is 2.55. The number of hydrogen-bond donors (Lipinski definition) is 1. The lowest BCUT2D eigenvalue weighted by Crippen LogP contribution is -2.25. The average molecular weight is 252 g/mol. The van der Waals surface area contributed by atoms with Gasteiger partial charge in [-0.2, -0.15) is 0 Å². The van der Waals surface area contributed by atoms with Crippen molar-refractivity contribution in [3.05, 3.63) is 29.8 Å². The molecule has 0 spiro atoms. The Labute approximate surface area is 110 Å². The van der Waals surface area contributed by atoms with E-state index in [0.29, 0.717) is 0 Å². The summed E-state index contributed by atoms with van der Waals surface area (Å²) in [6.07, 6.45) is 0. The summed E-state index contributed by atoms with van der Waals surface area (Å²) in [7, 11) is 5.53. The Morgan fingerprint density at radius 1 is 1.11 bits per heavy atom. The van der Waals surface area contributed by atoms with Crippen LogP contribution in [0.1, 0.15) is 5.56 Å². The minimum atomic E-state index is 0.738. The summed E-state index contributed by atoms with van der Waals surface area (Å²) in [5.41, 5.74) is 2.55. The van der Waals surface area contributed by atoms with Crippen LogP contribution in [-0.2, 0) is 16.0 Å². The Bertz CT molecular complexity index is 331. The van der Waals surface area contributed by atoms with E-state index < -0.39 is 0 Å².